The number of nitro benzene ring substituents is 1. The van der Waals surface area contributed by atoms with Gasteiger partial charge in [0.2, 0.25) is 0 Å². The molecule has 1 rings (SSSR count). The SMILES string of the molecule is COC(=O)c1cc(F)c(C(O)C(O)CCBr)cc1[N+](=O)[O-]. The second kappa shape index (κ2) is 7.43. The summed E-state index contributed by atoms with van der Waals surface area (Å²) < 4.78 is 18.3. The predicted molar refractivity (Wildman–Crippen MR) is 73.8 cm³/mol. The van der Waals surface area contributed by atoms with Crippen LogP contribution in [0.5, 0.6) is 0 Å². The number of nitro groups is 1. The molecule has 0 aliphatic rings. The first kappa shape index (κ1) is 17.5. The molecule has 0 spiro atoms. The molecule has 0 bridgehead atoms. The number of benzene rings is 1. The first-order valence-corrected chi connectivity index (χ1v) is 6.93. The van der Waals surface area contributed by atoms with Crippen molar-refractivity contribution >= 4 is 27.6 Å². The molecular formula is C12H13BrFNO6. The van der Waals surface area contributed by atoms with E-state index >= 15 is 0 Å². The minimum atomic E-state index is -1.65. The molecule has 0 heterocycles. The molecule has 0 aromatic heterocycles. The number of rotatable bonds is 6. The van der Waals surface area contributed by atoms with E-state index in [0.717, 1.165) is 13.2 Å². The number of carbonyl (C=O) groups excluding carboxylic acids is 1. The summed E-state index contributed by atoms with van der Waals surface area (Å²) in [4.78, 5) is 21.5. The summed E-state index contributed by atoms with van der Waals surface area (Å²) >= 11 is 3.05. The van der Waals surface area contributed by atoms with E-state index < -0.39 is 45.7 Å². The minimum Gasteiger partial charge on any atom is -0.465 e. The zero-order valence-corrected chi connectivity index (χ0v) is 12.5. The Kier molecular flexibility index (Phi) is 6.19. The van der Waals surface area contributed by atoms with Crippen molar-refractivity contribution in [1.29, 1.82) is 0 Å². The summed E-state index contributed by atoms with van der Waals surface area (Å²) in [6.07, 6.45) is -2.83. The molecule has 1 aromatic carbocycles. The van der Waals surface area contributed by atoms with Crippen molar-refractivity contribution in [3.63, 3.8) is 0 Å². The van der Waals surface area contributed by atoms with E-state index in [1.54, 1.807) is 0 Å². The van der Waals surface area contributed by atoms with Crippen LogP contribution in [0.2, 0.25) is 0 Å². The van der Waals surface area contributed by atoms with Gasteiger partial charge in [0.1, 0.15) is 17.5 Å². The topological polar surface area (TPSA) is 110 Å². The van der Waals surface area contributed by atoms with Crippen molar-refractivity contribution in [3.05, 3.63) is 39.2 Å². The molecule has 116 valence electrons. The Bertz CT molecular complexity index is 553. The highest BCUT2D eigenvalue weighted by atomic mass is 79.9. The normalized spacial score (nSPS) is 13.6. The Labute approximate surface area is 127 Å². The van der Waals surface area contributed by atoms with E-state index in [2.05, 4.69) is 20.7 Å². The number of ether oxygens (including phenoxy) is 1. The van der Waals surface area contributed by atoms with E-state index in [1.807, 2.05) is 0 Å². The van der Waals surface area contributed by atoms with Crippen molar-refractivity contribution in [3.8, 4) is 0 Å². The van der Waals surface area contributed by atoms with Gasteiger partial charge in [-0.25, -0.2) is 9.18 Å². The van der Waals surface area contributed by atoms with Crippen LogP contribution in [0.1, 0.15) is 28.4 Å². The van der Waals surface area contributed by atoms with Gasteiger partial charge in [-0.05, 0) is 12.5 Å². The molecular weight excluding hydrogens is 353 g/mol. The van der Waals surface area contributed by atoms with Crippen LogP contribution in [0.25, 0.3) is 0 Å². The molecule has 7 nitrogen and oxygen atoms in total. The molecule has 21 heavy (non-hydrogen) atoms. The van der Waals surface area contributed by atoms with Gasteiger partial charge < -0.3 is 14.9 Å². The molecule has 2 unspecified atom stereocenters. The Morgan fingerprint density at radius 2 is 2.14 bits per heavy atom. The number of nitrogens with zero attached hydrogens (tertiary/aromatic N) is 1. The maximum Gasteiger partial charge on any atom is 0.344 e. The third kappa shape index (κ3) is 3.96. The smallest absolute Gasteiger partial charge is 0.344 e. The van der Waals surface area contributed by atoms with Gasteiger partial charge >= 0.3 is 5.97 Å². The Balaban J connectivity index is 3.33. The van der Waals surface area contributed by atoms with E-state index in [9.17, 15) is 29.5 Å². The van der Waals surface area contributed by atoms with Crippen molar-refractivity contribution in [2.45, 2.75) is 18.6 Å². The molecule has 0 amide bonds. The summed E-state index contributed by atoms with van der Waals surface area (Å²) in [5, 5.41) is 30.8. The average Bonchev–Trinajstić information content (AvgIpc) is 2.45. The first-order chi connectivity index (χ1) is 9.83. The summed E-state index contributed by atoms with van der Waals surface area (Å²) in [6.45, 7) is 0. The second-order valence-electron chi connectivity index (χ2n) is 4.13. The van der Waals surface area contributed by atoms with Crippen LogP contribution in [0.3, 0.4) is 0 Å². The lowest BCUT2D eigenvalue weighted by molar-refractivity contribution is -0.385. The number of esters is 1. The van der Waals surface area contributed by atoms with E-state index in [0.29, 0.717) is 11.4 Å². The first-order valence-electron chi connectivity index (χ1n) is 5.81. The Hall–Kier alpha value is -1.58. The van der Waals surface area contributed by atoms with Crippen LogP contribution in [-0.2, 0) is 4.74 Å². The van der Waals surface area contributed by atoms with E-state index in [1.165, 1.54) is 0 Å². The highest BCUT2D eigenvalue weighted by Crippen LogP contribution is 2.29. The lowest BCUT2D eigenvalue weighted by Crippen LogP contribution is -2.20. The summed E-state index contributed by atoms with van der Waals surface area (Å²) in [6, 6.07) is 1.34. The molecule has 0 aliphatic carbocycles. The summed E-state index contributed by atoms with van der Waals surface area (Å²) in [7, 11) is 1.01. The van der Waals surface area contributed by atoms with Crippen molar-refractivity contribution in [2.24, 2.45) is 0 Å². The molecule has 0 fully saturated rings. The van der Waals surface area contributed by atoms with Crippen molar-refractivity contribution in [1.82, 2.24) is 0 Å². The maximum atomic E-state index is 13.9. The maximum absolute atomic E-state index is 13.9. The molecule has 2 atom stereocenters. The Morgan fingerprint density at radius 1 is 1.52 bits per heavy atom. The molecule has 0 saturated heterocycles. The van der Waals surface area contributed by atoms with Gasteiger partial charge in [0, 0.05) is 17.0 Å². The molecule has 9 heteroatoms. The molecule has 0 saturated carbocycles. The minimum absolute atomic E-state index is 0.118. The zero-order valence-electron chi connectivity index (χ0n) is 11.0. The molecule has 2 N–H and O–H groups in total. The third-order valence-electron chi connectivity index (χ3n) is 2.80. The highest BCUT2D eigenvalue weighted by Gasteiger charge is 2.29. The van der Waals surface area contributed by atoms with Crippen LogP contribution >= 0.6 is 15.9 Å². The van der Waals surface area contributed by atoms with Crippen LogP contribution in [0.4, 0.5) is 10.1 Å². The van der Waals surface area contributed by atoms with Gasteiger partial charge in [-0.15, -0.1) is 0 Å². The third-order valence-corrected chi connectivity index (χ3v) is 3.26. The average molecular weight is 366 g/mol. The van der Waals surface area contributed by atoms with Crippen molar-refractivity contribution in [2.75, 3.05) is 12.4 Å². The fraction of sp³-hybridized carbons (Fsp3) is 0.417. The fourth-order valence-corrected chi connectivity index (χ4v) is 2.18. The van der Waals surface area contributed by atoms with Gasteiger partial charge in [0.25, 0.3) is 5.69 Å². The monoisotopic (exact) mass is 365 g/mol. The van der Waals surface area contributed by atoms with Gasteiger partial charge in [-0.3, -0.25) is 10.1 Å². The number of hydrogen-bond acceptors (Lipinski definition) is 6. The predicted octanol–water partition coefficient (Wildman–Crippen LogP) is 1.70. The highest BCUT2D eigenvalue weighted by molar-refractivity contribution is 9.09. The molecule has 0 radical (unpaired) electrons. The molecule has 1 aromatic rings. The fourth-order valence-electron chi connectivity index (χ4n) is 1.71. The zero-order chi connectivity index (χ0) is 16.2. The van der Waals surface area contributed by atoms with Crippen LogP contribution in [0, 0.1) is 15.9 Å². The Morgan fingerprint density at radius 3 is 2.62 bits per heavy atom. The van der Waals surface area contributed by atoms with Gasteiger partial charge in [-0.1, -0.05) is 15.9 Å². The standard InChI is InChI=1S/C12H13BrFNO6/c1-21-12(18)7-4-8(14)6(5-9(7)15(19)20)11(17)10(16)2-3-13/h4-5,10-11,16-17H,2-3H2,1H3. The van der Waals surface area contributed by atoms with Gasteiger partial charge in [0.15, 0.2) is 0 Å². The number of methoxy groups -OCH3 is 1. The summed E-state index contributed by atoms with van der Waals surface area (Å²) in [5.74, 6) is -2.11. The van der Waals surface area contributed by atoms with Crippen LogP contribution < -0.4 is 0 Å². The second-order valence-corrected chi connectivity index (χ2v) is 4.92. The van der Waals surface area contributed by atoms with E-state index in [4.69, 9.17) is 0 Å². The number of halogens is 2. The number of hydrogen-bond donors (Lipinski definition) is 2. The van der Waals surface area contributed by atoms with Crippen LogP contribution in [-0.4, -0.2) is 39.6 Å². The lowest BCUT2D eigenvalue weighted by Gasteiger charge is -2.18. The quantitative estimate of drug-likeness (QED) is 0.343. The summed E-state index contributed by atoms with van der Waals surface area (Å²) in [5.41, 5.74) is -1.72. The van der Waals surface area contributed by atoms with Crippen LogP contribution in [0.15, 0.2) is 12.1 Å². The van der Waals surface area contributed by atoms with Gasteiger partial charge in [0.05, 0.1) is 18.1 Å². The van der Waals surface area contributed by atoms with E-state index in [-0.39, 0.29) is 6.42 Å². The number of aliphatic hydroxyl groups is 2. The lowest BCUT2D eigenvalue weighted by atomic mass is 9.99. The van der Waals surface area contributed by atoms with Crippen molar-refractivity contribution < 1.29 is 29.1 Å². The number of carbonyl (C=O) groups is 1. The largest absolute Gasteiger partial charge is 0.465 e. The molecule has 0 aliphatic heterocycles. The number of aliphatic hydroxyl groups excluding tert-OH is 2. The number of alkyl halides is 1. The van der Waals surface area contributed by atoms with Gasteiger partial charge in [-0.2, -0.15) is 0 Å².